The summed E-state index contributed by atoms with van der Waals surface area (Å²) in [5.41, 5.74) is 0. The molecule has 3 N–H and O–H groups in total. The van der Waals surface area contributed by atoms with Gasteiger partial charge in [0.1, 0.15) is 6.33 Å². The average Bonchev–Trinajstić information content (AvgIpc) is 2.74. The van der Waals surface area contributed by atoms with Crippen LogP contribution in [0.4, 0.5) is 0 Å². The SMILES string of the molecule is O=C(NC1CCNC1)c1ncn[nH]1. The van der Waals surface area contributed by atoms with Crippen LogP contribution >= 0.6 is 0 Å². The predicted molar refractivity (Wildman–Crippen MR) is 45.1 cm³/mol. The standard InChI is InChI=1S/C7H11N5O/c13-7(6-9-4-10-12-6)11-5-1-2-8-3-5/h4-5,8H,1-3H2,(H,11,13)(H,9,10,12). The van der Waals surface area contributed by atoms with Crippen molar-refractivity contribution in [2.75, 3.05) is 13.1 Å². The van der Waals surface area contributed by atoms with Crippen LogP contribution in [0.1, 0.15) is 17.0 Å². The lowest BCUT2D eigenvalue weighted by atomic mass is 10.2. The van der Waals surface area contributed by atoms with Crippen LogP contribution in [0.5, 0.6) is 0 Å². The van der Waals surface area contributed by atoms with Crippen LogP contribution in [-0.2, 0) is 0 Å². The summed E-state index contributed by atoms with van der Waals surface area (Å²) in [6.45, 7) is 1.79. The molecule has 1 aromatic heterocycles. The molecule has 1 aliphatic rings. The van der Waals surface area contributed by atoms with Crippen LogP contribution in [0.25, 0.3) is 0 Å². The summed E-state index contributed by atoms with van der Waals surface area (Å²) in [5, 5.41) is 12.1. The molecule has 0 aliphatic carbocycles. The number of carbonyl (C=O) groups is 1. The number of rotatable bonds is 2. The summed E-state index contributed by atoms with van der Waals surface area (Å²) in [6, 6.07) is 0.220. The fourth-order valence-electron chi connectivity index (χ4n) is 1.35. The number of H-pyrrole nitrogens is 1. The van der Waals surface area contributed by atoms with Crippen molar-refractivity contribution in [1.82, 2.24) is 25.8 Å². The molecule has 0 spiro atoms. The van der Waals surface area contributed by atoms with Gasteiger partial charge in [-0.15, -0.1) is 0 Å². The van der Waals surface area contributed by atoms with Crippen LogP contribution in [0.3, 0.4) is 0 Å². The zero-order valence-corrected chi connectivity index (χ0v) is 7.08. The second-order valence-electron chi connectivity index (χ2n) is 3.00. The van der Waals surface area contributed by atoms with Gasteiger partial charge in [-0.2, -0.15) is 5.10 Å². The Hall–Kier alpha value is -1.43. The number of nitrogens with one attached hydrogen (secondary N) is 3. The molecule has 1 aliphatic heterocycles. The van der Waals surface area contributed by atoms with E-state index in [1.54, 1.807) is 0 Å². The van der Waals surface area contributed by atoms with Crippen molar-refractivity contribution in [1.29, 1.82) is 0 Å². The van der Waals surface area contributed by atoms with Gasteiger partial charge in [0.25, 0.3) is 5.91 Å². The van der Waals surface area contributed by atoms with Gasteiger partial charge in [-0.25, -0.2) is 4.98 Å². The summed E-state index contributed by atoms with van der Waals surface area (Å²) in [4.78, 5) is 15.1. The smallest absolute Gasteiger partial charge is 0.288 e. The molecule has 1 amide bonds. The third-order valence-electron chi connectivity index (χ3n) is 2.03. The number of aromatic nitrogens is 3. The van der Waals surface area contributed by atoms with Gasteiger partial charge >= 0.3 is 0 Å². The maximum atomic E-state index is 11.4. The number of nitrogens with zero attached hydrogens (tertiary/aromatic N) is 2. The van der Waals surface area contributed by atoms with Crippen LogP contribution in [0, 0.1) is 0 Å². The number of amides is 1. The third-order valence-corrected chi connectivity index (χ3v) is 2.03. The van der Waals surface area contributed by atoms with Crippen LogP contribution in [0.2, 0.25) is 0 Å². The molecule has 0 saturated carbocycles. The number of carbonyl (C=O) groups excluding carboxylic acids is 1. The Kier molecular flexibility index (Phi) is 2.22. The maximum Gasteiger partial charge on any atom is 0.288 e. The first-order valence-electron chi connectivity index (χ1n) is 4.23. The lowest BCUT2D eigenvalue weighted by molar-refractivity contribution is 0.0930. The highest BCUT2D eigenvalue weighted by atomic mass is 16.2. The van der Waals surface area contributed by atoms with E-state index < -0.39 is 0 Å². The Bertz CT molecular complexity index is 277. The fraction of sp³-hybridized carbons (Fsp3) is 0.571. The van der Waals surface area contributed by atoms with E-state index in [1.807, 2.05) is 0 Å². The summed E-state index contributed by atoms with van der Waals surface area (Å²) in [7, 11) is 0. The van der Waals surface area contributed by atoms with Crippen molar-refractivity contribution in [2.24, 2.45) is 0 Å². The van der Waals surface area contributed by atoms with Gasteiger partial charge in [0, 0.05) is 12.6 Å². The molecule has 1 atom stereocenters. The Labute approximate surface area is 75.1 Å². The molecule has 1 aromatic rings. The molecule has 1 saturated heterocycles. The topological polar surface area (TPSA) is 82.7 Å². The lowest BCUT2D eigenvalue weighted by Crippen LogP contribution is -2.36. The van der Waals surface area contributed by atoms with Crippen molar-refractivity contribution in [3.8, 4) is 0 Å². The molecular weight excluding hydrogens is 170 g/mol. The minimum Gasteiger partial charge on any atom is -0.345 e. The Morgan fingerprint density at radius 2 is 2.62 bits per heavy atom. The normalized spacial score (nSPS) is 21.7. The second kappa shape index (κ2) is 3.53. The van der Waals surface area contributed by atoms with Crippen molar-refractivity contribution < 1.29 is 4.79 Å². The summed E-state index contributed by atoms with van der Waals surface area (Å²) < 4.78 is 0. The quantitative estimate of drug-likeness (QED) is 0.540. The summed E-state index contributed by atoms with van der Waals surface area (Å²) >= 11 is 0. The largest absolute Gasteiger partial charge is 0.345 e. The van der Waals surface area contributed by atoms with E-state index in [9.17, 15) is 4.79 Å². The highest BCUT2D eigenvalue weighted by Crippen LogP contribution is 1.98. The Morgan fingerprint density at radius 3 is 3.23 bits per heavy atom. The van der Waals surface area contributed by atoms with Crippen LogP contribution in [-0.4, -0.2) is 40.2 Å². The second-order valence-corrected chi connectivity index (χ2v) is 3.00. The van der Waals surface area contributed by atoms with Crippen molar-refractivity contribution in [3.05, 3.63) is 12.2 Å². The maximum absolute atomic E-state index is 11.4. The zero-order valence-electron chi connectivity index (χ0n) is 7.08. The van der Waals surface area contributed by atoms with E-state index in [4.69, 9.17) is 0 Å². The van der Waals surface area contributed by atoms with E-state index in [1.165, 1.54) is 6.33 Å². The highest BCUT2D eigenvalue weighted by Gasteiger charge is 2.18. The van der Waals surface area contributed by atoms with Crippen LogP contribution in [0.15, 0.2) is 6.33 Å². The monoisotopic (exact) mass is 181 g/mol. The highest BCUT2D eigenvalue weighted by molar-refractivity contribution is 5.90. The molecule has 0 aromatic carbocycles. The van der Waals surface area contributed by atoms with Crippen molar-refractivity contribution >= 4 is 5.91 Å². The van der Waals surface area contributed by atoms with E-state index in [0.717, 1.165) is 19.5 Å². The van der Waals surface area contributed by atoms with Gasteiger partial charge in [-0.05, 0) is 13.0 Å². The lowest BCUT2D eigenvalue weighted by Gasteiger charge is -2.08. The molecule has 6 heteroatoms. The molecule has 1 fully saturated rings. The molecule has 2 rings (SSSR count). The molecule has 0 radical (unpaired) electrons. The molecular formula is C7H11N5O. The van der Waals surface area contributed by atoms with Gasteiger partial charge in [-0.1, -0.05) is 0 Å². The predicted octanol–water partition coefficient (Wildman–Crippen LogP) is -1.10. The molecule has 6 nitrogen and oxygen atoms in total. The van der Waals surface area contributed by atoms with Crippen LogP contribution < -0.4 is 10.6 Å². The Balaban J connectivity index is 1.91. The van der Waals surface area contributed by atoms with Crippen molar-refractivity contribution in [3.63, 3.8) is 0 Å². The van der Waals surface area contributed by atoms with Crippen molar-refractivity contribution in [2.45, 2.75) is 12.5 Å². The molecule has 70 valence electrons. The minimum absolute atomic E-state index is 0.189. The molecule has 0 bridgehead atoms. The summed E-state index contributed by atoms with van der Waals surface area (Å²) in [6.07, 6.45) is 2.29. The van der Waals surface area contributed by atoms with E-state index in [2.05, 4.69) is 25.8 Å². The first-order valence-corrected chi connectivity index (χ1v) is 4.23. The van der Waals surface area contributed by atoms with E-state index in [-0.39, 0.29) is 17.8 Å². The number of aromatic amines is 1. The Morgan fingerprint density at radius 1 is 1.69 bits per heavy atom. The molecule has 13 heavy (non-hydrogen) atoms. The van der Waals surface area contributed by atoms with E-state index >= 15 is 0 Å². The third kappa shape index (κ3) is 1.83. The minimum atomic E-state index is -0.189. The fourth-order valence-corrected chi connectivity index (χ4v) is 1.35. The van der Waals surface area contributed by atoms with E-state index in [0.29, 0.717) is 0 Å². The first-order chi connectivity index (χ1) is 6.36. The zero-order chi connectivity index (χ0) is 9.10. The van der Waals surface area contributed by atoms with Gasteiger partial charge in [-0.3, -0.25) is 9.89 Å². The molecule has 2 heterocycles. The summed E-state index contributed by atoms with van der Waals surface area (Å²) in [5.74, 6) is 0.0816. The molecule has 1 unspecified atom stereocenters. The average molecular weight is 181 g/mol. The van der Waals surface area contributed by atoms with Gasteiger partial charge in [0.15, 0.2) is 0 Å². The first kappa shape index (κ1) is 8.18. The van der Waals surface area contributed by atoms with Gasteiger partial charge in [0.2, 0.25) is 5.82 Å². The number of hydrogen-bond acceptors (Lipinski definition) is 4. The van der Waals surface area contributed by atoms with Gasteiger partial charge < -0.3 is 10.6 Å². The number of hydrogen-bond donors (Lipinski definition) is 3. The van der Waals surface area contributed by atoms with Gasteiger partial charge in [0.05, 0.1) is 0 Å².